The first-order valence-corrected chi connectivity index (χ1v) is 9.20. The third kappa shape index (κ3) is 4.92. The van der Waals surface area contributed by atoms with Crippen LogP contribution in [0.1, 0.15) is 21.5 Å². The summed E-state index contributed by atoms with van der Waals surface area (Å²) in [5.74, 6) is -0.0221. The molecule has 1 heterocycles. The van der Waals surface area contributed by atoms with Crippen LogP contribution in [0.2, 0.25) is 0 Å². The van der Waals surface area contributed by atoms with Gasteiger partial charge in [0.15, 0.2) is 11.7 Å². The molecule has 3 aromatic rings. The number of hydrogen-bond acceptors (Lipinski definition) is 5. The summed E-state index contributed by atoms with van der Waals surface area (Å²) < 4.78 is 5.59. The van der Waals surface area contributed by atoms with Crippen molar-refractivity contribution < 1.29 is 14.3 Å². The first-order chi connectivity index (χ1) is 13.0. The van der Waals surface area contributed by atoms with Gasteiger partial charge in [0, 0.05) is 11.6 Å². The minimum atomic E-state index is -0.343. The largest absolute Gasteiger partial charge is 0.483 e. The van der Waals surface area contributed by atoms with Crippen molar-refractivity contribution in [2.45, 2.75) is 13.8 Å². The molecule has 0 radical (unpaired) electrons. The van der Waals surface area contributed by atoms with E-state index in [1.807, 2.05) is 32.0 Å². The van der Waals surface area contributed by atoms with Gasteiger partial charge in [-0.15, -0.1) is 11.3 Å². The molecule has 0 aliphatic carbocycles. The lowest BCUT2D eigenvalue weighted by Gasteiger charge is -2.12. The molecule has 7 heteroatoms. The average molecular weight is 381 g/mol. The fourth-order valence-electron chi connectivity index (χ4n) is 2.53. The molecule has 0 atom stereocenters. The number of aromatic nitrogens is 1. The van der Waals surface area contributed by atoms with E-state index in [1.165, 1.54) is 11.3 Å². The van der Waals surface area contributed by atoms with Crippen LogP contribution in [-0.4, -0.2) is 23.4 Å². The van der Waals surface area contributed by atoms with E-state index in [0.717, 1.165) is 11.1 Å². The third-order valence-corrected chi connectivity index (χ3v) is 4.48. The smallest absolute Gasteiger partial charge is 0.262 e. The summed E-state index contributed by atoms with van der Waals surface area (Å²) in [7, 11) is 0. The van der Waals surface area contributed by atoms with E-state index in [9.17, 15) is 9.59 Å². The topological polar surface area (TPSA) is 80.3 Å². The van der Waals surface area contributed by atoms with Crippen LogP contribution in [0.3, 0.4) is 0 Å². The first-order valence-electron chi connectivity index (χ1n) is 8.32. The van der Waals surface area contributed by atoms with E-state index < -0.39 is 0 Å². The Morgan fingerprint density at radius 1 is 1.11 bits per heavy atom. The Balaban J connectivity index is 1.64. The lowest BCUT2D eigenvalue weighted by atomic mass is 10.1. The molecule has 0 bridgehead atoms. The molecule has 0 unspecified atom stereocenters. The molecule has 0 fully saturated rings. The number of carbonyl (C=O) groups excluding carboxylic acids is 2. The Morgan fingerprint density at radius 3 is 2.67 bits per heavy atom. The molecule has 6 nitrogen and oxygen atoms in total. The van der Waals surface area contributed by atoms with Gasteiger partial charge in [0.1, 0.15) is 5.75 Å². The Labute approximate surface area is 161 Å². The molecule has 27 heavy (non-hydrogen) atoms. The molecule has 0 aliphatic heterocycles. The van der Waals surface area contributed by atoms with E-state index >= 15 is 0 Å². The van der Waals surface area contributed by atoms with Crippen molar-refractivity contribution in [3.05, 3.63) is 70.7 Å². The molecule has 2 amide bonds. The number of anilines is 2. The first kappa shape index (κ1) is 18.6. The van der Waals surface area contributed by atoms with Crippen molar-refractivity contribution >= 4 is 34.0 Å². The van der Waals surface area contributed by atoms with Crippen LogP contribution >= 0.6 is 11.3 Å². The lowest BCUT2D eigenvalue weighted by molar-refractivity contribution is -0.118. The van der Waals surface area contributed by atoms with Crippen molar-refractivity contribution in [2.75, 3.05) is 17.2 Å². The molecule has 0 saturated carbocycles. The summed E-state index contributed by atoms with van der Waals surface area (Å²) >= 11 is 1.32. The molecular weight excluding hydrogens is 362 g/mol. The van der Waals surface area contributed by atoms with Crippen LogP contribution in [0.5, 0.6) is 5.75 Å². The maximum atomic E-state index is 12.4. The van der Waals surface area contributed by atoms with Gasteiger partial charge in [0.25, 0.3) is 11.8 Å². The van der Waals surface area contributed by atoms with E-state index in [2.05, 4.69) is 15.6 Å². The standard InChI is InChI=1S/C20H19N3O3S/c1-13-7-8-17(14(2)11-13)26-12-18(24)22-16-6-4-3-5-15(16)19(25)23-20-21-9-10-27-20/h3-11H,12H2,1-2H3,(H,22,24)(H,21,23,25). The number of rotatable bonds is 6. The highest BCUT2D eigenvalue weighted by Crippen LogP contribution is 2.20. The van der Waals surface area contributed by atoms with Crippen molar-refractivity contribution in [1.82, 2.24) is 4.98 Å². The van der Waals surface area contributed by atoms with Gasteiger partial charge in [-0.05, 0) is 37.6 Å². The summed E-state index contributed by atoms with van der Waals surface area (Å²) in [6.07, 6.45) is 1.61. The highest BCUT2D eigenvalue weighted by atomic mass is 32.1. The monoisotopic (exact) mass is 381 g/mol. The van der Waals surface area contributed by atoms with Gasteiger partial charge >= 0.3 is 0 Å². The van der Waals surface area contributed by atoms with Gasteiger partial charge in [-0.2, -0.15) is 0 Å². The van der Waals surface area contributed by atoms with Crippen molar-refractivity contribution in [3.63, 3.8) is 0 Å². The zero-order valence-corrected chi connectivity index (χ0v) is 15.8. The maximum Gasteiger partial charge on any atom is 0.262 e. The SMILES string of the molecule is Cc1ccc(OCC(=O)Nc2ccccc2C(=O)Nc2nccs2)c(C)c1. The van der Waals surface area contributed by atoms with E-state index in [-0.39, 0.29) is 18.4 Å². The molecule has 0 aliphatic rings. The van der Waals surface area contributed by atoms with Gasteiger partial charge in [0.2, 0.25) is 0 Å². The number of benzene rings is 2. The van der Waals surface area contributed by atoms with Crippen LogP contribution in [0.25, 0.3) is 0 Å². The fraction of sp³-hybridized carbons (Fsp3) is 0.150. The van der Waals surface area contributed by atoms with Gasteiger partial charge in [-0.25, -0.2) is 4.98 Å². The minimum absolute atomic E-state index is 0.146. The number of nitrogens with zero attached hydrogens (tertiary/aromatic N) is 1. The predicted octanol–water partition coefficient (Wildman–Crippen LogP) is 4.03. The van der Waals surface area contributed by atoms with Gasteiger partial charge in [-0.3, -0.25) is 14.9 Å². The normalized spacial score (nSPS) is 10.3. The number of carbonyl (C=O) groups is 2. The second-order valence-corrected chi connectivity index (χ2v) is 6.84. The maximum absolute atomic E-state index is 12.4. The summed E-state index contributed by atoms with van der Waals surface area (Å²) in [6, 6.07) is 12.6. The Kier molecular flexibility index (Phi) is 5.83. The number of thiazole rings is 1. The van der Waals surface area contributed by atoms with Crippen LogP contribution in [0.4, 0.5) is 10.8 Å². The quantitative estimate of drug-likeness (QED) is 0.676. The number of nitrogens with one attached hydrogen (secondary N) is 2. The Morgan fingerprint density at radius 2 is 1.93 bits per heavy atom. The summed E-state index contributed by atoms with van der Waals surface area (Å²) in [5.41, 5.74) is 2.86. The zero-order chi connectivity index (χ0) is 19.2. The van der Waals surface area contributed by atoms with Crippen LogP contribution in [0, 0.1) is 13.8 Å². The van der Waals surface area contributed by atoms with E-state index in [4.69, 9.17) is 4.74 Å². The van der Waals surface area contributed by atoms with Crippen LogP contribution in [0.15, 0.2) is 54.0 Å². The molecule has 1 aromatic heterocycles. The van der Waals surface area contributed by atoms with Crippen molar-refractivity contribution in [1.29, 1.82) is 0 Å². The molecule has 138 valence electrons. The Hall–Kier alpha value is -3.19. The summed E-state index contributed by atoms with van der Waals surface area (Å²) in [4.78, 5) is 28.7. The molecule has 0 saturated heterocycles. The molecule has 0 spiro atoms. The molecule has 3 rings (SSSR count). The highest BCUT2D eigenvalue weighted by Gasteiger charge is 2.14. The third-order valence-electron chi connectivity index (χ3n) is 3.79. The van der Waals surface area contributed by atoms with Crippen molar-refractivity contribution in [2.24, 2.45) is 0 Å². The molecule has 2 aromatic carbocycles. The average Bonchev–Trinajstić information content (AvgIpc) is 3.14. The minimum Gasteiger partial charge on any atom is -0.483 e. The predicted molar refractivity (Wildman–Crippen MR) is 107 cm³/mol. The second kappa shape index (κ2) is 8.46. The second-order valence-electron chi connectivity index (χ2n) is 5.94. The fourth-order valence-corrected chi connectivity index (χ4v) is 3.05. The molecular formula is C20H19N3O3S. The van der Waals surface area contributed by atoms with E-state index in [0.29, 0.717) is 22.1 Å². The van der Waals surface area contributed by atoms with Crippen LogP contribution < -0.4 is 15.4 Å². The highest BCUT2D eigenvalue weighted by molar-refractivity contribution is 7.13. The Bertz CT molecular complexity index is 955. The van der Waals surface area contributed by atoms with Gasteiger partial charge < -0.3 is 10.1 Å². The number of aryl methyl sites for hydroxylation is 2. The van der Waals surface area contributed by atoms with Crippen LogP contribution in [-0.2, 0) is 4.79 Å². The number of ether oxygens (including phenoxy) is 1. The lowest BCUT2D eigenvalue weighted by Crippen LogP contribution is -2.23. The number of hydrogen-bond donors (Lipinski definition) is 2. The molecule has 2 N–H and O–H groups in total. The number of para-hydroxylation sites is 1. The summed E-state index contributed by atoms with van der Waals surface area (Å²) in [5, 5.41) is 7.71. The summed E-state index contributed by atoms with van der Waals surface area (Å²) in [6.45, 7) is 3.78. The van der Waals surface area contributed by atoms with E-state index in [1.54, 1.807) is 35.8 Å². The van der Waals surface area contributed by atoms with Gasteiger partial charge in [0.05, 0.1) is 11.3 Å². The van der Waals surface area contributed by atoms with Crippen molar-refractivity contribution in [3.8, 4) is 5.75 Å². The number of amides is 2. The zero-order valence-electron chi connectivity index (χ0n) is 15.0. The van der Waals surface area contributed by atoms with Gasteiger partial charge in [-0.1, -0.05) is 29.8 Å².